The summed E-state index contributed by atoms with van der Waals surface area (Å²) in [7, 11) is 0. The summed E-state index contributed by atoms with van der Waals surface area (Å²) in [4.78, 5) is 12.1. The van der Waals surface area contributed by atoms with Crippen molar-refractivity contribution in [1.82, 2.24) is 0 Å². The van der Waals surface area contributed by atoms with Gasteiger partial charge in [0.15, 0.2) is 5.78 Å². The Labute approximate surface area is 133 Å². The van der Waals surface area contributed by atoms with Crippen molar-refractivity contribution in [2.45, 2.75) is 39.5 Å². The lowest BCUT2D eigenvalue weighted by Crippen LogP contribution is -2.09. The van der Waals surface area contributed by atoms with Crippen molar-refractivity contribution >= 4 is 11.5 Å². The van der Waals surface area contributed by atoms with E-state index in [9.17, 15) is 4.79 Å². The van der Waals surface area contributed by atoms with Crippen LogP contribution in [0.4, 0.5) is 5.69 Å². The summed E-state index contributed by atoms with van der Waals surface area (Å²) in [6.45, 7) is 7.13. The highest BCUT2D eigenvalue weighted by atomic mass is 16.1. The van der Waals surface area contributed by atoms with Crippen molar-refractivity contribution in [2.24, 2.45) is 0 Å². The highest BCUT2D eigenvalue weighted by molar-refractivity contribution is 5.96. The van der Waals surface area contributed by atoms with E-state index in [4.69, 9.17) is 0 Å². The van der Waals surface area contributed by atoms with Crippen molar-refractivity contribution in [3.05, 3.63) is 65.2 Å². The average molecular weight is 295 g/mol. The van der Waals surface area contributed by atoms with E-state index in [0.29, 0.717) is 18.9 Å². The number of benzene rings is 2. The molecule has 0 aromatic heterocycles. The molecule has 22 heavy (non-hydrogen) atoms. The van der Waals surface area contributed by atoms with Gasteiger partial charge in [0.1, 0.15) is 0 Å². The molecule has 0 aliphatic rings. The Bertz CT molecular complexity index is 599. The summed E-state index contributed by atoms with van der Waals surface area (Å²) in [6, 6.07) is 16.3. The van der Waals surface area contributed by atoms with Gasteiger partial charge in [0.2, 0.25) is 0 Å². The molecule has 0 saturated heterocycles. The Morgan fingerprint density at radius 1 is 1.05 bits per heavy atom. The summed E-state index contributed by atoms with van der Waals surface area (Å²) < 4.78 is 0. The molecule has 2 aromatic rings. The molecular formula is C20H25NO. The first-order valence-corrected chi connectivity index (χ1v) is 8.04. The normalized spacial score (nSPS) is 12.0. The second-order valence-electron chi connectivity index (χ2n) is 5.90. The molecule has 0 spiro atoms. The van der Waals surface area contributed by atoms with Gasteiger partial charge in [0.25, 0.3) is 0 Å². The molecule has 0 amide bonds. The van der Waals surface area contributed by atoms with E-state index in [1.807, 2.05) is 31.2 Å². The fourth-order valence-corrected chi connectivity index (χ4v) is 2.37. The maximum Gasteiger partial charge on any atom is 0.164 e. The fraction of sp³-hybridized carbons (Fsp3) is 0.350. The second-order valence-corrected chi connectivity index (χ2v) is 5.90. The Hall–Kier alpha value is -2.09. The zero-order valence-corrected chi connectivity index (χ0v) is 13.7. The number of ketones is 1. The van der Waals surface area contributed by atoms with Crippen LogP contribution >= 0.6 is 0 Å². The number of carbonyl (C=O) groups is 1. The van der Waals surface area contributed by atoms with Gasteiger partial charge in [-0.25, -0.2) is 0 Å². The van der Waals surface area contributed by atoms with Gasteiger partial charge in [-0.15, -0.1) is 0 Å². The van der Waals surface area contributed by atoms with Crippen LogP contribution in [0.15, 0.2) is 48.5 Å². The van der Waals surface area contributed by atoms with E-state index in [2.05, 4.69) is 43.4 Å². The van der Waals surface area contributed by atoms with E-state index >= 15 is 0 Å². The Morgan fingerprint density at radius 2 is 1.68 bits per heavy atom. The van der Waals surface area contributed by atoms with E-state index in [0.717, 1.165) is 17.7 Å². The number of aryl methyl sites for hydroxylation is 1. The van der Waals surface area contributed by atoms with Crippen molar-refractivity contribution in [1.29, 1.82) is 0 Å². The summed E-state index contributed by atoms with van der Waals surface area (Å²) in [5.41, 5.74) is 4.41. The van der Waals surface area contributed by atoms with E-state index < -0.39 is 0 Å². The minimum atomic E-state index is 0.184. The van der Waals surface area contributed by atoms with Crippen LogP contribution in [0.25, 0.3) is 0 Å². The van der Waals surface area contributed by atoms with Gasteiger partial charge >= 0.3 is 0 Å². The van der Waals surface area contributed by atoms with Crippen LogP contribution in [-0.4, -0.2) is 12.3 Å². The van der Waals surface area contributed by atoms with Gasteiger partial charge in [0.05, 0.1) is 0 Å². The topological polar surface area (TPSA) is 29.1 Å². The zero-order valence-electron chi connectivity index (χ0n) is 13.7. The minimum Gasteiger partial charge on any atom is -0.385 e. The average Bonchev–Trinajstić information content (AvgIpc) is 2.55. The second kappa shape index (κ2) is 7.79. The molecular weight excluding hydrogens is 270 g/mol. The van der Waals surface area contributed by atoms with E-state index in [1.165, 1.54) is 11.1 Å². The quantitative estimate of drug-likeness (QED) is 0.712. The first-order chi connectivity index (χ1) is 10.6. The molecule has 116 valence electrons. The van der Waals surface area contributed by atoms with Crippen LogP contribution in [-0.2, 0) is 0 Å². The lowest BCUT2D eigenvalue weighted by Gasteiger charge is -2.11. The lowest BCUT2D eigenvalue weighted by atomic mass is 9.98. The fourth-order valence-electron chi connectivity index (χ4n) is 2.37. The molecule has 0 fully saturated rings. The summed E-state index contributed by atoms with van der Waals surface area (Å²) >= 11 is 0. The molecule has 2 rings (SSSR count). The van der Waals surface area contributed by atoms with Gasteiger partial charge in [-0.3, -0.25) is 4.79 Å². The highest BCUT2D eigenvalue weighted by Gasteiger charge is 2.05. The summed E-state index contributed by atoms with van der Waals surface area (Å²) in [6.07, 6.45) is 1.66. The van der Waals surface area contributed by atoms with Crippen LogP contribution in [0.1, 0.15) is 54.1 Å². The smallest absolute Gasteiger partial charge is 0.164 e. The van der Waals surface area contributed by atoms with Crippen molar-refractivity contribution < 1.29 is 4.79 Å². The van der Waals surface area contributed by atoms with Crippen LogP contribution in [0, 0.1) is 6.92 Å². The van der Waals surface area contributed by atoms with Crippen molar-refractivity contribution in [3.63, 3.8) is 0 Å². The number of hydrogen-bond acceptors (Lipinski definition) is 2. The molecule has 0 aliphatic carbocycles. The third-order valence-corrected chi connectivity index (χ3v) is 4.15. The number of rotatable bonds is 7. The third kappa shape index (κ3) is 4.45. The predicted octanol–water partition coefficient (Wildman–Crippen LogP) is 5.19. The molecule has 0 radical (unpaired) electrons. The van der Waals surface area contributed by atoms with E-state index in [-0.39, 0.29) is 5.78 Å². The Balaban J connectivity index is 1.83. The number of hydrogen-bond donors (Lipinski definition) is 1. The van der Waals surface area contributed by atoms with Crippen LogP contribution in [0.5, 0.6) is 0 Å². The molecule has 2 nitrogen and oxygen atoms in total. The molecule has 0 heterocycles. The lowest BCUT2D eigenvalue weighted by molar-refractivity contribution is 0.0986. The van der Waals surface area contributed by atoms with Crippen molar-refractivity contribution in [2.75, 3.05) is 11.9 Å². The first kappa shape index (κ1) is 16.3. The molecule has 0 saturated carbocycles. The number of carbonyl (C=O) groups excluding carboxylic acids is 1. The van der Waals surface area contributed by atoms with Crippen molar-refractivity contribution in [3.8, 4) is 0 Å². The zero-order chi connectivity index (χ0) is 15.9. The first-order valence-electron chi connectivity index (χ1n) is 8.04. The molecule has 2 aromatic carbocycles. The highest BCUT2D eigenvalue weighted by Crippen LogP contribution is 2.20. The van der Waals surface area contributed by atoms with Crippen LogP contribution in [0.2, 0.25) is 0 Å². The standard InChI is InChI=1S/C20H25NO/c1-4-16(3)17-9-11-19(12-10-17)21-14-13-20(22)18-7-5-15(2)6-8-18/h5-12,16,21H,4,13-14H2,1-3H3. The Morgan fingerprint density at radius 3 is 2.27 bits per heavy atom. The van der Waals surface area contributed by atoms with Gasteiger partial charge in [0, 0.05) is 24.2 Å². The molecule has 1 atom stereocenters. The maximum absolute atomic E-state index is 12.1. The third-order valence-electron chi connectivity index (χ3n) is 4.15. The van der Waals surface area contributed by atoms with E-state index in [1.54, 1.807) is 0 Å². The number of Topliss-reactive ketones (excluding diaryl/α,β-unsaturated/α-hetero) is 1. The van der Waals surface area contributed by atoms with Gasteiger partial charge in [-0.1, -0.05) is 55.8 Å². The maximum atomic E-state index is 12.1. The Kier molecular flexibility index (Phi) is 5.76. The molecule has 1 unspecified atom stereocenters. The van der Waals surface area contributed by atoms with Gasteiger partial charge in [-0.2, -0.15) is 0 Å². The van der Waals surface area contributed by atoms with Gasteiger partial charge < -0.3 is 5.32 Å². The minimum absolute atomic E-state index is 0.184. The monoisotopic (exact) mass is 295 g/mol. The SMILES string of the molecule is CCC(C)c1ccc(NCCC(=O)c2ccc(C)cc2)cc1. The molecule has 2 heteroatoms. The number of anilines is 1. The molecule has 0 aliphatic heterocycles. The summed E-state index contributed by atoms with van der Waals surface area (Å²) in [5.74, 6) is 0.779. The summed E-state index contributed by atoms with van der Waals surface area (Å²) in [5, 5.41) is 3.32. The molecule has 1 N–H and O–H groups in total. The molecule has 0 bridgehead atoms. The number of nitrogens with one attached hydrogen (secondary N) is 1. The predicted molar refractivity (Wildman–Crippen MR) is 93.8 cm³/mol. The van der Waals surface area contributed by atoms with Crippen LogP contribution in [0.3, 0.4) is 0 Å². The largest absolute Gasteiger partial charge is 0.385 e. The van der Waals surface area contributed by atoms with Gasteiger partial charge in [-0.05, 0) is 37.0 Å². The van der Waals surface area contributed by atoms with Crippen LogP contribution < -0.4 is 5.32 Å².